The second kappa shape index (κ2) is 8.21. The minimum Gasteiger partial charge on any atom is -0.496 e. The van der Waals surface area contributed by atoms with Gasteiger partial charge in [-0.1, -0.05) is 54.6 Å². The van der Waals surface area contributed by atoms with Gasteiger partial charge in [-0.25, -0.2) is 4.79 Å². The summed E-state index contributed by atoms with van der Waals surface area (Å²) in [7, 11) is 1.65. The van der Waals surface area contributed by atoms with E-state index in [2.05, 4.69) is 17.4 Å². The first-order chi connectivity index (χ1) is 14.1. The molecule has 0 fully saturated rings. The van der Waals surface area contributed by atoms with Crippen LogP contribution in [0.3, 0.4) is 0 Å². The smallest absolute Gasteiger partial charge is 0.330 e. The van der Waals surface area contributed by atoms with E-state index in [0.29, 0.717) is 12.8 Å². The normalized spacial score (nSPS) is 14.2. The number of carboxylic acids is 1. The summed E-state index contributed by atoms with van der Waals surface area (Å²) < 4.78 is 5.52. The van der Waals surface area contributed by atoms with Crippen LogP contribution >= 0.6 is 11.8 Å². The van der Waals surface area contributed by atoms with Gasteiger partial charge in [0, 0.05) is 24.3 Å². The highest BCUT2D eigenvalue weighted by molar-refractivity contribution is 7.98. The van der Waals surface area contributed by atoms with E-state index in [-0.39, 0.29) is 0 Å². The molecule has 1 aliphatic carbocycles. The molecule has 0 radical (unpaired) electrons. The monoisotopic (exact) mass is 405 g/mol. The van der Waals surface area contributed by atoms with Crippen molar-refractivity contribution >= 4 is 23.4 Å². The highest BCUT2D eigenvalue weighted by Crippen LogP contribution is 2.37. The van der Waals surface area contributed by atoms with Gasteiger partial charge in [-0.3, -0.25) is 0 Å². The molecule has 4 rings (SSSR count). The Bertz CT molecular complexity index is 995. The van der Waals surface area contributed by atoms with Gasteiger partial charge in [0.15, 0.2) is 0 Å². The van der Waals surface area contributed by atoms with Gasteiger partial charge in [-0.15, -0.1) is 11.8 Å². The van der Waals surface area contributed by atoms with Crippen LogP contribution in [-0.4, -0.2) is 23.7 Å². The highest BCUT2D eigenvalue weighted by atomic mass is 32.2. The van der Waals surface area contributed by atoms with Crippen LogP contribution in [0, 0.1) is 0 Å². The second-order valence-electron chi connectivity index (χ2n) is 7.27. The van der Waals surface area contributed by atoms with Crippen LogP contribution in [0.25, 0.3) is 0 Å². The molecule has 0 atom stereocenters. The fraction of sp³-hybridized carbons (Fsp3) is 0.208. The number of hydrogen-bond donors (Lipinski definition) is 2. The summed E-state index contributed by atoms with van der Waals surface area (Å²) in [6.45, 7) is 0. The number of methoxy groups -OCH3 is 1. The first kappa shape index (κ1) is 19.4. The lowest BCUT2D eigenvalue weighted by Crippen LogP contribution is -2.47. The van der Waals surface area contributed by atoms with Crippen LogP contribution in [0.1, 0.15) is 16.7 Å². The standard InChI is InChI=1S/C24H23NO3S/c1-28-21-12-11-20(13-22(21)29-16-17-7-3-2-4-8-17)25-24(23(26)27)14-18-9-5-6-10-19(18)15-24/h2-13,25H,14-16H2,1H3,(H,26,27). The van der Waals surface area contributed by atoms with Gasteiger partial charge in [0.05, 0.1) is 12.0 Å². The van der Waals surface area contributed by atoms with Gasteiger partial charge < -0.3 is 15.2 Å². The zero-order chi connectivity index (χ0) is 20.3. The van der Waals surface area contributed by atoms with Crippen molar-refractivity contribution in [2.24, 2.45) is 0 Å². The third-order valence-electron chi connectivity index (χ3n) is 5.30. The number of rotatable bonds is 7. The van der Waals surface area contributed by atoms with Gasteiger partial charge in [0.25, 0.3) is 0 Å². The van der Waals surface area contributed by atoms with E-state index in [0.717, 1.165) is 33.2 Å². The van der Waals surface area contributed by atoms with E-state index in [1.807, 2.05) is 60.7 Å². The molecule has 0 bridgehead atoms. The van der Waals surface area contributed by atoms with Crippen molar-refractivity contribution in [2.75, 3.05) is 12.4 Å². The SMILES string of the molecule is COc1ccc(NC2(C(=O)O)Cc3ccccc3C2)cc1SCc1ccccc1. The number of anilines is 1. The molecule has 5 heteroatoms. The Morgan fingerprint density at radius 2 is 1.69 bits per heavy atom. The lowest BCUT2D eigenvalue weighted by molar-refractivity contribution is -0.142. The molecule has 0 aliphatic heterocycles. The molecule has 0 saturated heterocycles. The van der Waals surface area contributed by atoms with E-state index in [1.54, 1.807) is 18.9 Å². The number of aliphatic carboxylic acids is 1. The Balaban J connectivity index is 1.57. The number of thioether (sulfide) groups is 1. The molecule has 0 aromatic heterocycles. The molecular weight excluding hydrogens is 382 g/mol. The van der Waals surface area contributed by atoms with E-state index >= 15 is 0 Å². The molecule has 0 spiro atoms. The minimum absolute atomic E-state index is 0.469. The lowest BCUT2D eigenvalue weighted by atomic mass is 9.95. The number of carboxylic acid groups (broad SMARTS) is 1. The molecule has 3 aromatic rings. The molecule has 29 heavy (non-hydrogen) atoms. The van der Waals surface area contributed by atoms with E-state index in [1.165, 1.54) is 5.56 Å². The highest BCUT2D eigenvalue weighted by Gasteiger charge is 2.44. The van der Waals surface area contributed by atoms with Crippen LogP contribution in [-0.2, 0) is 23.4 Å². The Kier molecular flexibility index (Phi) is 5.49. The first-order valence-corrected chi connectivity index (χ1v) is 10.5. The van der Waals surface area contributed by atoms with Crippen LogP contribution in [0.2, 0.25) is 0 Å². The molecule has 4 nitrogen and oxygen atoms in total. The minimum atomic E-state index is -1.03. The van der Waals surface area contributed by atoms with Crippen LogP contribution < -0.4 is 10.1 Å². The van der Waals surface area contributed by atoms with Crippen molar-refractivity contribution in [2.45, 2.75) is 29.0 Å². The molecule has 0 amide bonds. The van der Waals surface area contributed by atoms with Crippen molar-refractivity contribution in [3.63, 3.8) is 0 Å². The molecule has 3 aromatic carbocycles. The molecule has 1 aliphatic rings. The molecule has 0 heterocycles. The van der Waals surface area contributed by atoms with Crippen LogP contribution in [0.5, 0.6) is 5.75 Å². The lowest BCUT2D eigenvalue weighted by Gasteiger charge is -2.27. The Hall–Kier alpha value is -2.92. The number of benzene rings is 3. The third-order valence-corrected chi connectivity index (χ3v) is 6.40. The van der Waals surface area contributed by atoms with Crippen molar-refractivity contribution in [3.8, 4) is 5.75 Å². The van der Waals surface area contributed by atoms with Crippen molar-refractivity contribution in [3.05, 3.63) is 89.5 Å². The van der Waals surface area contributed by atoms with Crippen molar-refractivity contribution < 1.29 is 14.6 Å². The molecule has 148 valence electrons. The number of fused-ring (bicyclic) bond motifs is 1. The number of carbonyl (C=O) groups is 1. The number of nitrogens with one attached hydrogen (secondary N) is 1. The summed E-state index contributed by atoms with van der Waals surface area (Å²) >= 11 is 1.68. The topological polar surface area (TPSA) is 58.6 Å². The Morgan fingerprint density at radius 3 is 2.31 bits per heavy atom. The molecule has 0 saturated carbocycles. The molecule has 2 N–H and O–H groups in total. The summed E-state index contributed by atoms with van der Waals surface area (Å²) in [5.74, 6) is 0.773. The van der Waals surface area contributed by atoms with E-state index < -0.39 is 11.5 Å². The predicted molar refractivity (Wildman–Crippen MR) is 117 cm³/mol. The quantitative estimate of drug-likeness (QED) is 0.541. The Morgan fingerprint density at radius 1 is 1.03 bits per heavy atom. The van der Waals surface area contributed by atoms with Crippen molar-refractivity contribution in [1.29, 1.82) is 0 Å². The maximum Gasteiger partial charge on any atom is 0.330 e. The van der Waals surface area contributed by atoms with E-state index in [9.17, 15) is 9.90 Å². The maximum absolute atomic E-state index is 12.2. The van der Waals surface area contributed by atoms with Gasteiger partial charge >= 0.3 is 5.97 Å². The summed E-state index contributed by atoms with van der Waals surface area (Å²) in [6.07, 6.45) is 0.939. The molecule has 0 unspecified atom stereocenters. The summed E-state index contributed by atoms with van der Waals surface area (Å²) in [5.41, 5.74) is 3.17. The fourth-order valence-electron chi connectivity index (χ4n) is 3.79. The first-order valence-electron chi connectivity index (χ1n) is 9.53. The number of hydrogen-bond acceptors (Lipinski definition) is 4. The zero-order valence-electron chi connectivity index (χ0n) is 16.2. The van der Waals surface area contributed by atoms with Gasteiger partial charge in [0.2, 0.25) is 0 Å². The summed E-state index contributed by atoms with van der Waals surface area (Å²) in [4.78, 5) is 13.2. The second-order valence-corrected chi connectivity index (χ2v) is 8.29. The van der Waals surface area contributed by atoms with Gasteiger partial charge in [-0.2, -0.15) is 0 Å². The molecular formula is C24H23NO3S. The van der Waals surface area contributed by atoms with Crippen LogP contribution in [0.15, 0.2) is 77.7 Å². The zero-order valence-corrected chi connectivity index (χ0v) is 17.0. The van der Waals surface area contributed by atoms with Crippen LogP contribution in [0.4, 0.5) is 5.69 Å². The predicted octanol–water partition coefficient (Wildman–Crippen LogP) is 5.02. The summed E-state index contributed by atoms with van der Waals surface area (Å²) in [6, 6.07) is 24.0. The largest absolute Gasteiger partial charge is 0.496 e. The number of ether oxygens (including phenoxy) is 1. The third kappa shape index (κ3) is 4.10. The average Bonchev–Trinajstić information content (AvgIpc) is 3.12. The Labute approximate surface area is 174 Å². The van der Waals surface area contributed by atoms with Crippen molar-refractivity contribution in [1.82, 2.24) is 0 Å². The van der Waals surface area contributed by atoms with Gasteiger partial charge in [-0.05, 0) is 34.9 Å². The fourth-order valence-corrected chi connectivity index (χ4v) is 4.81. The summed E-state index contributed by atoms with van der Waals surface area (Å²) in [5, 5.41) is 13.3. The maximum atomic E-state index is 12.2. The average molecular weight is 406 g/mol. The van der Waals surface area contributed by atoms with E-state index in [4.69, 9.17) is 4.74 Å². The van der Waals surface area contributed by atoms with Gasteiger partial charge in [0.1, 0.15) is 11.3 Å².